The average Bonchev–Trinajstić information content (AvgIpc) is 2.92. The molecule has 1 saturated heterocycles. The lowest BCUT2D eigenvalue weighted by atomic mass is 10.2. The van der Waals surface area contributed by atoms with E-state index >= 15 is 0 Å². The SMILES string of the molecule is C#Cc1ccc2nc([C@@]34CC3CCN4C(=O)OC(C)(C)C)[nH]c2c1. The summed E-state index contributed by atoms with van der Waals surface area (Å²) < 4.78 is 5.59. The highest BCUT2D eigenvalue weighted by Crippen LogP contribution is 2.62. The first-order valence-electron chi connectivity index (χ1n) is 8.31. The third-order valence-corrected chi connectivity index (χ3v) is 4.93. The quantitative estimate of drug-likeness (QED) is 0.818. The van der Waals surface area contributed by atoms with Gasteiger partial charge in [0.1, 0.15) is 17.0 Å². The molecule has 124 valence electrons. The molecule has 2 fully saturated rings. The minimum Gasteiger partial charge on any atom is -0.444 e. The lowest BCUT2D eigenvalue weighted by molar-refractivity contribution is 0.0162. The molecule has 1 unspecified atom stereocenters. The zero-order valence-electron chi connectivity index (χ0n) is 14.2. The summed E-state index contributed by atoms with van der Waals surface area (Å²) in [5, 5.41) is 0. The predicted octanol–water partition coefficient (Wildman–Crippen LogP) is 3.40. The normalized spacial score (nSPS) is 25.4. The van der Waals surface area contributed by atoms with Crippen LogP contribution in [0.2, 0.25) is 0 Å². The molecule has 1 aromatic carbocycles. The van der Waals surface area contributed by atoms with E-state index in [-0.39, 0.29) is 11.6 Å². The third-order valence-electron chi connectivity index (χ3n) is 4.93. The van der Waals surface area contributed by atoms with Gasteiger partial charge in [-0.1, -0.05) is 5.92 Å². The number of likely N-dealkylation sites (tertiary alicyclic amines) is 1. The second-order valence-corrected chi connectivity index (χ2v) is 7.71. The van der Waals surface area contributed by atoms with Crippen molar-refractivity contribution >= 4 is 17.1 Å². The van der Waals surface area contributed by atoms with E-state index in [1.165, 1.54) is 0 Å². The zero-order chi connectivity index (χ0) is 17.1. The van der Waals surface area contributed by atoms with E-state index in [1.807, 2.05) is 43.9 Å². The van der Waals surface area contributed by atoms with Crippen molar-refractivity contribution in [3.63, 3.8) is 0 Å². The largest absolute Gasteiger partial charge is 0.444 e. The monoisotopic (exact) mass is 323 g/mol. The maximum absolute atomic E-state index is 12.6. The summed E-state index contributed by atoms with van der Waals surface area (Å²) in [4.78, 5) is 22.6. The Bertz CT molecular complexity index is 871. The maximum atomic E-state index is 12.6. The first kappa shape index (κ1) is 15.1. The number of ether oxygens (including phenoxy) is 1. The summed E-state index contributed by atoms with van der Waals surface area (Å²) >= 11 is 0. The van der Waals surface area contributed by atoms with E-state index in [4.69, 9.17) is 16.1 Å². The molecular weight excluding hydrogens is 302 g/mol. The fourth-order valence-electron chi connectivity index (χ4n) is 3.77. The molecule has 5 heteroatoms. The van der Waals surface area contributed by atoms with Crippen LogP contribution in [0.15, 0.2) is 18.2 Å². The van der Waals surface area contributed by atoms with E-state index in [9.17, 15) is 4.79 Å². The van der Waals surface area contributed by atoms with Crippen molar-refractivity contribution in [2.45, 2.75) is 44.8 Å². The van der Waals surface area contributed by atoms with Gasteiger partial charge in [-0.2, -0.15) is 0 Å². The minimum atomic E-state index is -0.499. The number of hydrogen-bond acceptors (Lipinski definition) is 3. The number of fused-ring (bicyclic) bond motifs is 2. The number of nitrogens with zero attached hydrogens (tertiary/aromatic N) is 2. The molecular formula is C19H21N3O2. The van der Waals surface area contributed by atoms with E-state index in [1.54, 1.807) is 0 Å². The molecule has 24 heavy (non-hydrogen) atoms. The van der Waals surface area contributed by atoms with Gasteiger partial charge in [-0.05, 0) is 57.7 Å². The fraction of sp³-hybridized carbons (Fsp3) is 0.474. The summed E-state index contributed by atoms with van der Waals surface area (Å²) in [6.45, 7) is 6.38. The second-order valence-electron chi connectivity index (χ2n) is 7.71. The minimum absolute atomic E-state index is 0.257. The third kappa shape index (κ3) is 2.17. The molecule has 1 aliphatic heterocycles. The average molecular weight is 323 g/mol. The maximum Gasteiger partial charge on any atom is 0.411 e. The summed E-state index contributed by atoms with van der Waals surface area (Å²) in [5.74, 6) is 3.94. The van der Waals surface area contributed by atoms with Crippen LogP contribution in [0.5, 0.6) is 0 Å². The Hall–Kier alpha value is -2.48. The molecule has 5 nitrogen and oxygen atoms in total. The van der Waals surface area contributed by atoms with Gasteiger partial charge in [0.25, 0.3) is 0 Å². The van der Waals surface area contributed by atoms with Crippen molar-refractivity contribution in [2.24, 2.45) is 5.92 Å². The topological polar surface area (TPSA) is 58.2 Å². The van der Waals surface area contributed by atoms with Crippen molar-refractivity contribution in [1.82, 2.24) is 14.9 Å². The standard InChI is InChI=1S/C19H21N3O2/c1-5-12-6-7-14-15(10-12)21-16(20-14)19-11-13(19)8-9-22(19)17(23)24-18(2,3)4/h1,6-7,10,13H,8-9,11H2,2-4H3,(H,20,21)/t13?,19-/m1/s1. The van der Waals surface area contributed by atoms with Crippen LogP contribution in [-0.4, -0.2) is 33.1 Å². The van der Waals surface area contributed by atoms with Crippen LogP contribution in [0, 0.1) is 18.3 Å². The number of nitrogens with one attached hydrogen (secondary N) is 1. The number of rotatable bonds is 1. The van der Waals surface area contributed by atoms with Crippen LogP contribution >= 0.6 is 0 Å². The molecule has 0 bridgehead atoms. The number of amides is 1. The smallest absolute Gasteiger partial charge is 0.411 e. The van der Waals surface area contributed by atoms with E-state index in [0.717, 1.165) is 35.3 Å². The molecule has 1 amide bonds. The van der Waals surface area contributed by atoms with Gasteiger partial charge in [0.2, 0.25) is 0 Å². The number of carbonyl (C=O) groups is 1. The highest BCUT2D eigenvalue weighted by molar-refractivity contribution is 5.78. The number of benzene rings is 1. The number of H-pyrrole nitrogens is 1. The van der Waals surface area contributed by atoms with Crippen molar-refractivity contribution in [3.8, 4) is 12.3 Å². The Balaban J connectivity index is 1.70. The van der Waals surface area contributed by atoms with Crippen molar-refractivity contribution in [3.05, 3.63) is 29.6 Å². The van der Waals surface area contributed by atoms with Crippen molar-refractivity contribution in [2.75, 3.05) is 6.54 Å². The highest BCUT2D eigenvalue weighted by atomic mass is 16.6. The Kier molecular flexibility index (Phi) is 2.99. The van der Waals surface area contributed by atoms with Crippen LogP contribution in [0.1, 0.15) is 45.0 Å². The van der Waals surface area contributed by atoms with Crippen LogP contribution < -0.4 is 0 Å². The molecule has 4 rings (SSSR count). The van der Waals surface area contributed by atoms with Crippen molar-refractivity contribution in [1.29, 1.82) is 0 Å². The lowest BCUT2D eigenvalue weighted by Crippen LogP contribution is -2.42. The number of aromatic nitrogens is 2. The highest BCUT2D eigenvalue weighted by Gasteiger charge is 2.67. The second kappa shape index (κ2) is 4.76. The van der Waals surface area contributed by atoms with Gasteiger partial charge in [-0.3, -0.25) is 4.90 Å². The predicted molar refractivity (Wildman–Crippen MR) is 91.4 cm³/mol. The first-order chi connectivity index (χ1) is 11.3. The number of imidazole rings is 1. The molecule has 1 N–H and O–H groups in total. The molecule has 2 atom stereocenters. The number of carbonyl (C=O) groups excluding carboxylic acids is 1. The first-order valence-corrected chi connectivity index (χ1v) is 8.31. The molecule has 2 heterocycles. The Morgan fingerprint density at radius 3 is 2.96 bits per heavy atom. The van der Waals surface area contributed by atoms with E-state index < -0.39 is 5.60 Å². The van der Waals surface area contributed by atoms with Gasteiger partial charge in [-0.25, -0.2) is 9.78 Å². The van der Waals surface area contributed by atoms with Gasteiger partial charge < -0.3 is 9.72 Å². The van der Waals surface area contributed by atoms with Crippen molar-refractivity contribution < 1.29 is 9.53 Å². The summed E-state index contributed by atoms with van der Waals surface area (Å²) in [6.07, 6.45) is 7.14. The van der Waals surface area contributed by atoms with E-state index in [2.05, 4.69) is 10.9 Å². The summed E-state index contributed by atoms with van der Waals surface area (Å²) in [6, 6.07) is 5.73. The lowest BCUT2D eigenvalue weighted by Gasteiger charge is -2.30. The van der Waals surface area contributed by atoms with Crippen LogP contribution in [-0.2, 0) is 10.3 Å². The van der Waals surface area contributed by atoms with Gasteiger partial charge >= 0.3 is 6.09 Å². The molecule has 0 radical (unpaired) electrons. The fourth-order valence-corrected chi connectivity index (χ4v) is 3.77. The van der Waals surface area contributed by atoms with Gasteiger partial charge in [0, 0.05) is 12.1 Å². The number of terminal acetylenes is 1. The van der Waals surface area contributed by atoms with Gasteiger partial charge in [0.15, 0.2) is 0 Å². The Labute approximate surface area is 141 Å². The molecule has 0 spiro atoms. The molecule has 2 aliphatic rings. The zero-order valence-corrected chi connectivity index (χ0v) is 14.2. The van der Waals surface area contributed by atoms with Gasteiger partial charge in [-0.15, -0.1) is 6.42 Å². The molecule has 1 aromatic heterocycles. The van der Waals surface area contributed by atoms with Crippen LogP contribution in [0.4, 0.5) is 4.79 Å². The van der Waals surface area contributed by atoms with Gasteiger partial charge in [0.05, 0.1) is 11.0 Å². The molecule has 1 saturated carbocycles. The van der Waals surface area contributed by atoms with Crippen LogP contribution in [0.3, 0.4) is 0 Å². The Morgan fingerprint density at radius 2 is 2.29 bits per heavy atom. The summed E-state index contributed by atoms with van der Waals surface area (Å²) in [7, 11) is 0. The Morgan fingerprint density at radius 1 is 1.50 bits per heavy atom. The number of hydrogen-bond donors (Lipinski definition) is 1. The molecule has 1 aliphatic carbocycles. The van der Waals surface area contributed by atoms with E-state index in [0.29, 0.717) is 12.5 Å². The number of aromatic amines is 1. The van der Waals surface area contributed by atoms with Crippen LogP contribution in [0.25, 0.3) is 11.0 Å². The number of piperidine rings is 1. The molecule has 2 aromatic rings. The summed E-state index contributed by atoms with van der Waals surface area (Å²) in [5.41, 5.74) is 1.77.